The van der Waals surface area contributed by atoms with Crippen molar-refractivity contribution in [2.24, 2.45) is 0 Å². The van der Waals surface area contributed by atoms with Crippen molar-refractivity contribution >= 4 is 17.7 Å². The molecule has 218 valence electrons. The van der Waals surface area contributed by atoms with Crippen LogP contribution in [0.3, 0.4) is 0 Å². The number of carboxylic acids is 1. The number of hydrogen-bond acceptors (Lipinski definition) is 6. The fraction of sp³-hybridized carbons (Fsp3) is 0.375. The number of halogens is 1. The summed E-state index contributed by atoms with van der Waals surface area (Å²) in [7, 11) is 0. The fourth-order valence-electron chi connectivity index (χ4n) is 4.59. The lowest BCUT2D eigenvalue weighted by atomic mass is 9.99. The average molecular weight is 565 g/mol. The van der Waals surface area contributed by atoms with Gasteiger partial charge in [-0.1, -0.05) is 36.4 Å². The smallest absolute Gasteiger partial charge is 0.407 e. The molecule has 8 nitrogen and oxygen atoms in total. The molecule has 3 aromatic rings. The minimum atomic E-state index is -0.952. The summed E-state index contributed by atoms with van der Waals surface area (Å²) in [5.74, 6) is -0.896. The van der Waals surface area contributed by atoms with Gasteiger partial charge in [0.15, 0.2) is 5.82 Å². The van der Waals surface area contributed by atoms with E-state index in [0.29, 0.717) is 46.8 Å². The molecule has 1 aliphatic rings. The number of carbonyl (C=O) groups is 2. The maximum absolute atomic E-state index is 15.9. The standard InChI is InChI=1S/C32H37FN2O6/c1-32(2,3)41-31(38)35-18-21-8-6-10-23(14-21)26-15-22(16-27(30(26)33)34-19-25-11-7-13-39-25)20-40-28-12-5-4-9-24(28)17-29(36)37/h4-6,8-10,12,14-16,25,34H,7,11,13,17-20H2,1-3H3,(H,35,38)(H,36,37). The third-order valence-electron chi connectivity index (χ3n) is 6.46. The van der Waals surface area contributed by atoms with Gasteiger partial charge in [0.2, 0.25) is 0 Å². The molecule has 1 atom stereocenters. The van der Waals surface area contributed by atoms with E-state index in [1.807, 2.05) is 24.3 Å². The first-order valence-electron chi connectivity index (χ1n) is 13.7. The van der Waals surface area contributed by atoms with Crippen LogP contribution in [0.4, 0.5) is 14.9 Å². The number of alkyl carbamates (subject to hydrolysis) is 1. The Hall–Kier alpha value is -4.11. The highest BCUT2D eigenvalue weighted by atomic mass is 19.1. The minimum absolute atomic E-state index is 0.0166. The number of anilines is 1. The number of para-hydroxylation sites is 1. The molecule has 1 saturated heterocycles. The van der Waals surface area contributed by atoms with Crippen LogP contribution in [-0.4, -0.2) is 42.0 Å². The summed E-state index contributed by atoms with van der Waals surface area (Å²) in [6.07, 6.45) is 1.22. The fourth-order valence-corrected chi connectivity index (χ4v) is 4.59. The van der Waals surface area contributed by atoms with Gasteiger partial charge in [-0.15, -0.1) is 0 Å². The first-order valence-corrected chi connectivity index (χ1v) is 13.7. The average Bonchev–Trinajstić information content (AvgIpc) is 3.44. The Balaban J connectivity index is 1.58. The van der Waals surface area contributed by atoms with Crippen LogP contribution in [-0.2, 0) is 33.8 Å². The Morgan fingerprint density at radius 3 is 2.61 bits per heavy atom. The maximum atomic E-state index is 15.9. The highest BCUT2D eigenvalue weighted by Crippen LogP contribution is 2.32. The first kappa shape index (κ1) is 29.9. The summed E-state index contributed by atoms with van der Waals surface area (Å²) in [6, 6.07) is 17.7. The van der Waals surface area contributed by atoms with E-state index in [1.165, 1.54) is 0 Å². The SMILES string of the molecule is CC(C)(C)OC(=O)NCc1cccc(-c2cc(COc3ccccc3CC(=O)O)cc(NCC3CCCO3)c2F)c1. The van der Waals surface area contributed by atoms with E-state index in [4.69, 9.17) is 14.2 Å². The summed E-state index contributed by atoms with van der Waals surface area (Å²) < 4.78 is 32.9. The third-order valence-corrected chi connectivity index (χ3v) is 6.46. The van der Waals surface area contributed by atoms with Gasteiger partial charge < -0.3 is 30.0 Å². The van der Waals surface area contributed by atoms with Crippen LogP contribution in [0.25, 0.3) is 11.1 Å². The van der Waals surface area contributed by atoms with Crippen molar-refractivity contribution in [3.63, 3.8) is 0 Å². The Bertz CT molecular complexity index is 1360. The lowest BCUT2D eigenvalue weighted by Gasteiger charge is -2.20. The monoisotopic (exact) mass is 564 g/mol. The molecule has 41 heavy (non-hydrogen) atoms. The molecule has 0 bridgehead atoms. The Morgan fingerprint density at radius 2 is 1.88 bits per heavy atom. The normalized spacial score (nSPS) is 14.9. The van der Waals surface area contributed by atoms with Crippen LogP contribution < -0.4 is 15.4 Å². The third kappa shape index (κ3) is 8.94. The van der Waals surface area contributed by atoms with Gasteiger partial charge in [-0.25, -0.2) is 9.18 Å². The van der Waals surface area contributed by atoms with Gasteiger partial charge in [0.25, 0.3) is 0 Å². The van der Waals surface area contributed by atoms with Gasteiger partial charge in [-0.3, -0.25) is 4.79 Å². The molecule has 3 N–H and O–H groups in total. The van der Waals surface area contributed by atoms with E-state index in [0.717, 1.165) is 18.4 Å². The largest absolute Gasteiger partial charge is 0.489 e. The van der Waals surface area contributed by atoms with E-state index in [-0.39, 0.29) is 25.7 Å². The van der Waals surface area contributed by atoms with E-state index >= 15 is 4.39 Å². The Labute approximate surface area is 239 Å². The molecular formula is C32H37FN2O6. The van der Waals surface area contributed by atoms with E-state index in [1.54, 1.807) is 57.2 Å². The number of rotatable bonds is 11. The van der Waals surface area contributed by atoms with E-state index in [2.05, 4.69) is 10.6 Å². The molecule has 4 rings (SSSR count). The lowest BCUT2D eigenvalue weighted by molar-refractivity contribution is -0.136. The zero-order valence-corrected chi connectivity index (χ0v) is 23.7. The molecule has 0 aromatic heterocycles. The molecule has 1 heterocycles. The lowest BCUT2D eigenvalue weighted by Crippen LogP contribution is -2.32. The van der Waals surface area contributed by atoms with Crippen molar-refractivity contribution in [2.45, 2.75) is 64.9 Å². The molecule has 3 aromatic carbocycles. The van der Waals surface area contributed by atoms with Gasteiger partial charge >= 0.3 is 12.1 Å². The summed E-state index contributed by atoms with van der Waals surface area (Å²) in [4.78, 5) is 23.4. The molecule has 0 aliphatic carbocycles. The zero-order valence-electron chi connectivity index (χ0n) is 23.7. The van der Waals surface area contributed by atoms with Crippen molar-refractivity contribution in [1.29, 1.82) is 0 Å². The van der Waals surface area contributed by atoms with Gasteiger partial charge in [-0.05, 0) is 74.6 Å². The van der Waals surface area contributed by atoms with Crippen LogP contribution in [0.5, 0.6) is 5.75 Å². The number of amides is 1. The van der Waals surface area contributed by atoms with Crippen molar-refractivity contribution < 1.29 is 33.3 Å². The van der Waals surface area contributed by atoms with E-state index in [9.17, 15) is 14.7 Å². The first-order chi connectivity index (χ1) is 19.6. The molecular weight excluding hydrogens is 527 g/mol. The van der Waals surface area contributed by atoms with E-state index < -0.39 is 23.5 Å². The molecule has 0 spiro atoms. The number of hydrogen-bond donors (Lipinski definition) is 3. The van der Waals surface area contributed by atoms with Crippen molar-refractivity contribution in [1.82, 2.24) is 5.32 Å². The Kier molecular flexibility index (Phi) is 9.83. The van der Waals surface area contributed by atoms with Crippen LogP contribution in [0.2, 0.25) is 0 Å². The molecule has 1 fully saturated rings. The molecule has 1 aliphatic heterocycles. The predicted molar refractivity (Wildman–Crippen MR) is 154 cm³/mol. The molecule has 0 radical (unpaired) electrons. The second-order valence-corrected chi connectivity index (χ2v) is 11.0. The predicted octanol–water partition coefficient (Wildman–Crippen LogP) is 6.31. The summed E-state index contributed by atoms with van der Waals surface area (Å²) in [6.45, 7) is 6.89. The van der Waals surface area contributed by atoms with Crippen molar-refractivity contribution in [3.05, 3.63) is 83.2 Å². The van der Waals surface area contributed by atoms with Crippen LogP contribution in [0.1, 0.15) is 50.3 Å². The maximum Gasteiger partial charge on any atom is 0.407 e. The van der Waals surface area contributed by atoms with Crippen LogP contribution >= 0.6 is 0 Å². The minimum Gasteiger partial charge on any atom is -0.489 e. The second kappa shape index (κ2) is 13.5. The number of benzene rings is 3. The molecule has 1 amide bonds. The quantitative estimate of drug-likeness (QED) is 0.250. The summed E-state index contributed by atoms with van der Waals surface area (Å²) in [5, 5.41) is 15.2. The van der Waals surface area contributed by atoms with Crippen molar-refractivity contribution in [2.75, 3.05) is 18.5 Å². The van der Waals surface area contributed by atoms with Crippen molar-refractivity contribution in [3.8, 4) is 16.9 Å². The summed E-state index contributed by atoms with van der Waals surface area (Å²) in [5.41, 5.74) is 2.78. The summed E-state index contributed by atoms with van der Waals surface area (Å²) >= 11 is 0. The van der Waals surface area contributed by atoms with Crippen LogP contribution in [0, 0.1) is 5.82 Å². The number of ether oxygens (including phenoxy) is 3. The highest BCUT2D eigenvalue weighted by Gasteiger charge is 2.19. The topological polar surface area (TPSA) is 106 Å². The molecule has 1 unspecified atom stereocenters. The zero-order chi connectivity index (χ0) is 29.4. The second-order valence-electron chi connectivity index (χ2n) is 11.0. The number of carboxylic acid groups (broad SMARTS) is 1. The van der Waals surface area contributed by atoms with Gasteiger partial charge in [-0.2, -0.15) is 0 Å². The molecule has 9 heteroatoms. The number of carbonyl (C=O) groups excluding carboxylic acids is 1. The number of nitrogens with one attached hydrogen (secondary N) is 2. The van der Waals surface area contributed by atoms with Gasteiger partial charge in [0, 0.05) is 30.8 Å². The van der Waals surface area contributed by atoms with Gasteiger partial charge in [0.1, 0.15) is 18.0 Å². The Morgan fingerprint density at radius 1 is 1.07 bits per heavy atom. The van der Waals surface area contributed by atoms with Gasteiger partial charge in [0.05, 0.1) is 18.2 Å². The highest BCUT2D eigenvalue weighted by molar-refractivity contribution is 5.72. The molecule has 0 saturated carbocycles. The number of aliphatic carboxylic acids is 1. The van der Waals surface area contributed by atoms with Crippen LogP contribution in [0.15, 0.2) is 60.7 Å².